The molecule has 0 aromatic heterocycles. The van der Waals surface area contributed by atoms with Crippen molar-refractivity contribution in [2.24, 2.45) is 0 Å². The van der Waals surface area contributed by atoms with Crippen molar-refractivity contribution in [1.29, 1.82) is 0 Å². The molecule has 25 heavy (non-hydrogen) atoms. The van der Waals surface area contributed by atoms with E-state index in [9.17, 15) is 0 Å². The molecule has 0 aliphatic carbocycles. The maximum absolute atomic E-state index is 6.33. The Morgan fingerprint density at radius 2 is 1.48 bits per heavy atom. The van der Waals surface area contributed by atoms with Gasteiger partial charge in [-0.05, 0) is 64.2 Å². The lowest BCUT2D eigenvalue weighted by atomic mass is 9.72. The maximum atomic E-state index is 6.33. The number of hydrogen-bond acceptors (Lipinski definition) is 4. The molecular weight excluding hydrogens is 314 g/mol. The molecule has 2 heterocycles. The summed E-state index contributed by atoms with van der Waals surface area (Å²) in [7, 11) is 0. The van der Waals surface area contributed by atoms with Crippen molar-refractivity contribution in [2.75, 3.05) is 19.8 Å². The van der Waals surface area contributed by atoms with Gasteiger partial charge in [-0.2, -0.15) is 0 Å². The molecule has 4 heteroatoms. The molecule has 1 atom stereocenters. The van der Waals surface area contributed by atoms with Crippen molar-refractivity contribution in [3.63, 3.8) is 0 Å². The van der Waals surface area contributed by atoms with Gasteiger partial charge in [-0.1, -0.05) is 27.7 Å². The molecule has 0 spiro atoms. The van der Waals surface area contributed by atoms with Crippen LogP contribution in [0.25, 0.3) is 0 Å². The number of nitrogens with one attached hydrogen (secondary N) is 1. The Hall–Kier alpha value is -0.160. The summed E-state index contributed by atoms with van der Waals surface area (Å²) < 4.78 is 17.8. The molecule has 0 aromatic rings. The number of hydrogen-bond donors (Lipinski definition) is 1. The van der Waals surface area contributed by atoms with Gasteiger partial charge in [0.1, 0.15) is 0 Å². The zero-order valence-electron chi connectivity index (χ0n) is 17.1. The monoisotopic (exact) mass is 355 g/mol. The highest BCUT2D eigenvalue weighted by molar-refractivity contribution is 5.04. The molecule has 2 fully saturated rings. The van der Waals surface area contributed by atoms with Crippen LogP contribution in [0, 0.1) is 0 Å². The van der Waals surface area contributed by atoms with Crippen LogP contribution in [0.15, 0.2) is 0 Å². The van der Waals surface area contributed by atoms with Crippen LogP contribution in [0.5, 0.6) is 0 Å². The zero-order chi connectivity index (χ0) is 18.2. The van der Waals surface area contributed by atoms with Crippen LogP contribution < -0.4 is 5.32 Å². The van der Waals surface area contributed by atoms with E-state index in [-0.39, 0.29) is 17.4 Å². The van der Waals surface area contributed by atoms with E-state index in [1.54, 1.807) is 0 Å². The summed E-state index contributed by atoms with van der Waals surface area (Å²) in [4.78, 5) is 0. The summed E-state index contributed by atoms with van der Waals surface area (Å²) in [6, 6.07) is 0. The average molecular weight is 356 g/mol. The minimum absolute atomic E-state index is 0.0216. The predicted molar refractivity (Wildman–Crippen MR) is 103 cm³/mol. The van der Waals surface area contributed by atoms with Crippen LogP contribution in [0.4, 0.5) is 0 Å². The summed E-state index contributed by atoms with van der Waals surface area (Å²) in [6.07, 6.45) is 11.7. The second kappa shape index (κ2) is 10.2. The molecule has 2 aliphatic rings. The summed E-state index contributed by atoms with van der Waals surface area (Å²) in [5.74, 6) is 0. The van der Waals surface area contributed by atoms with Crippen molar-refractivity contribution in [3.05, 3.63) is 0 Å². The minimum atomic E-state index is 0.0216. The first-order valence-corrected chi connectivity index (χ1v) is 10.7. The van der Waals surface area contributed by atoms with Crippen molar-refractivity contribution >= 4 is 0 Å². The van der Waals surface area contributed by atoms with Crippen molar-refractivity contribution in [1.82, 2.24) is 5.32 Å². The van der Waals surface area contributed by atoms with E-state index >= 15 is 0 Å². The van der Waals surface area contributed by atoms with Gasteiger partial charge in [0.05, 0.1) is 12.7 Å². The summed E-state index contributed by atoms with van der Waals surface area (Å²) >= 11 is 0. The van der Waals surface area contributed by atoms with E-state index in [2.05, 4.69) is 33.0 Å². The first kappa shape index (κ1) is 21.1. The van der Waals surface area contributed by atoms with Gasteiger partial charge in [0.15, 0.2) is 6.29 Å². The summed E-state index contributed by atoms with van der Waals surface area (Å²) in [6.45, 7) is 11.6. The summed E-state index contributed by atoms with van der Waals surface area (Å²) in [5.41, 5.74) is 0.475. The first-order chi connectivity index (χ1) is 12.1. The Morgan fingerprint density at radius 3 is 2.00 bits per heavy atom. The van der Waals surface area contributed by atoms with Crippen molar-refractivity contribution in [2.45, 2.75) is 115 Å². The molecule has 0 aromatic carbocycles. The molecule has 0 amide bonds. The third-order valence-corrected chi connectivity index (χ3v) is 6.56. The molecule has 0 bridgehead atoms. The molecule has 2 aliphatic heterocycles. The Bertz CT molecular complexity index is 340. The van der Waals surface area contributed by atoms with Gasteiger partial charge in [-0.3, -0.25) is 0 Å². The van der Waals surface area contributed by atoms with Gasteiger partial charge >= 0.3 is 0 Å². The Labute approximate surface area is 155 Å². The van der Waals surface area contributed by atoms with Gasteiger partial charge in [0, 0.05) is 24.3 Å². The number of rotatable bonds is 10. The van der Waals surface area contributed by atoms with Gasteiger partial charge in [-0.15, -0.1) is 0 Å². The van der Waals surface area contributed by atoms with Crippen LogP contribution in [-0.2, 0) is 14.2 Å². The minimum Gasteiger partial charge on any atom is -0.378 e. The lowest BCUT2D eigenvalue weighted by Gasteiger charge is -2.52. The van der Waals surface area contributed by atoms with E-state index in [1.807, 2.05) is 0 Å². The highest BCUT2D eigenvalue weighted by Gasteiger charge is 2.44. The molecule has 1 N–H and O–H groups in total. The molecule has 0 radical (unpaired) electrons. The second-order valence-corrected chi connectivity index (χ2v) is 8.02. The standard InChI is InChI=1S/C21H41NO3/c1-5-20(6-2)16-18(17-21(7-3,8-4)22-20)23-14-11-15-25-19-12-9-10-13-24-19/h18-19,22H,5-17H2,1-4H3. The van der Waals surface area contributed by atoms with E-state index in [0.29, 0.717) is 6.10 Å². The van der Waals surface area contributed by atoms with E-state index in [4.69, 9.17) is 14.2 Å². The highest BCUT2D eigenvalue weighted by atomic mass is 16.7. The largest absolute Gasteiger partial charge is 0.378 e. The second-order valence-electron chi connectivity index (χ2n) is 8.02. The Morgan fingerprint density at radius 1 is 0.880 bits per heavy atom. The van der Waals surface area contributed by atoms with Crippen molar-refractivity contribution < 1.29 is 14.2 Å². The fourth-order valence-corrected chi connectivity index (χ4v) is 4.52. The van der Waals surface area contributed by atoms with E-state index < -0.39 is 0 Å². The molecule has 4 nitrogen and oxygen atoms in total. The van der Waals surface area contributed by atoms with E-state index in [0.717, 1.165) is 45.5 Å². The molecule has 2 saturated heterocycles. The summed E-state index contributed by atoms with van der Waals surface area (Å²) in [5, 5.41) is 4.03. The van der Waals surface area contributed by atoms with Gasteiger partial charge in [0.25, 0.3) is 0 Å². The van der Waals surface area contributed by atoms with Crippen molar-refractivity contribution in [3.8, 4) is 0 Å². The Kier molecular flexibility index (Phi) is 8.67. The topological polar surface area (TPSA) is 39.7 Å². The molecule has 0 saturated carbocycles. The Balaban J connectivity index is 1.77. The lowest BCUT2D eigenvalue weighted by molar-refractivity contribution is -0.165. The normalized spacial score (nSPS) is 26.6. The third-order valence-electron chi connectivity index (χ3n) is 6.56. The van der Waals surface area contributed by atoms with Crippen LogP contribution in [0.2, 0.25) is 0 Å². The predicted octanol–water partition coefficient (Wildman–Crippen LogP) is 4.81. The van der Waals surface area contributed by atoms with Gasteiger partial charge in [0.2, 0.25) is 0 Å². The van der Waals surface area contributed by atoms with E-state index in [1.165, 1.54) is 38.5 Å². The van der Waals surface area contributed by atoms with Gasteiger partial charge < -0.3 is 19.5 Å². The quantitative estimate of drug-likeness (QED) is 0.571. The van der Waals surface area contributed by atoms with Crippen LogP contribution >= 0.6 is 0 Å². The average Bonchev–Trinajstić information content (AvgIpc) is 2.68. The number of piperidine rings is 1. The fraction of sp³-hybridized carbons (Fsp3) is 1.00. The molecule has 2 rings (SSSR count). The fourth-order valence-electron chi connectivity index (χ4n) is 4.52. The zero-order valence-corrected chi connectivity index (χ0v) is 17.1. The van der Waals surface area contributed by atoms with Crippen LogP contribution in [-0.4, -0.2) is 43.3 Å². The van der Waals surface area contributed by atoms with Crippen LogP contribution in [0.1, 0.15) is 91.9 Å². The third kappa shape index (κ3) is 5.92. The van der Waals surface area contributed by atoms with Crippen LogP contribution in [0.3, 0.4) is 0 Å². The highest BCUT2D eigenvalue weighted by Crippen LogP contribution is 2.38. The molecule has 1 unspecified atom stereocenters. The smallest absolute Gasteiger partial charge is 0.157 e. The molecule has 148 valence electrons. The maximum Gasteiger partial charge on any atom is 0.157 e. The molecular formula is C21H41NO3. The first-order valence-electron chi connectivity index (χ1n) is 10.7. The lowest BCUT2D eigenvalue weighted by Crippen LogP contribution is -2.64. The number of ether oxygens (including phenoxy) is 3. The van der Waals surface area contributed by atoms with Gasteiger partial charge in [-0.25, -0.2) is 0 Å². The SMILES string of the molecule is CCC1(CC)CC(OCCCOC2CCCCO2)CC(CC)(CC)N1.